The number of amides is 1. The molecule has 152 valence electrons. The summed E-state index contributed by atoms with van der Waals surface area (Å²) in [5.41, 5.74) is 8.60. The minimum atomic E-state index is -0.254. The zero-order valence-electron chi connectivity index (χ0n) is 16.6. The summed E-state index contributed by atoms with van der Waals surface area (Å²) in [4.78, 5) is 16.5. The van der Waals surface area contributed by atoms with E-state index in [0.717, 1.165) is 5.56 Å². The maximum atomic E-state index is 12.5. The van der Waals surface area contributed by atoms with Gasteiger partial charge in [0.2, 0.25) is 0 Å². The molecule has 2 heterocycles. The van der Waals surface area contributed by atoms with E-state index in [1.165, 1.54) is 6.20 Å². The lowest BCUT2D eigenvalue weighted by atomic mass is 10.1. The van der Waals surface area contributed by atoms with E-state index in [0.29, 0.717) is 34.3 Å². The zero-order valence-corrected chi connectivity index (χ0v) is 17.3. The molecule has 0 saturated heterocycles. The van der Waals surface area contributed by atoms with Crippen LogP contribution in [-0.2, 0) is 7.05 Å². The van der Waals surface area contributed by atoms with Crippen LogP contribution in [0.25, 0.3) is 11.3 Å². The smallest absolute Gasteiger partial charge is 0.257 e. The van der Waals surface area contributed by atoms with Gasteiger partial charge in [0.25, 0.3) is 5.91 Å². The molecule has 0 aliphatic carbocycles. The van der Waals surface area contributed by atoms with Gasteiger partial charge in [-0.1, -0.05) is 25.4 Å². The molecular formula is C21H24ClN5O2. The third-order valence-corrected chi connectivity index (χ3v) is 4.87. The Bertz CT molecular complexity index is 968. The van der Waals surface area contributed by atoms with E-state index in [1.807, 2.05) is 19.9 Å². The van der Waals surface area contributed by atoms with Crippen LogP contribution < -0.4 is 15.8 Å². The van der Waals surface area contributed by atoms with Crippen molar-refractivity contribution in [1.29, 1.82) is 0 Å². The summed E-state index contributed by atoms with van der Waals surface area (Å²) in [5.74, 6) is 0.651. The predicted molar refractivity (Wildman–Crippen MR) is 114 cm³/mol. The summed E-state index contributed by atoms with van der Waals surface area (Å²) in [6.45, 7) is 4.45. The van der Waals surface area contributed by atoms with Gasteiger partial charge in [-0.05, 0) is 36.2 Å². The topological polar surface area (TPSA) is 95.1 Å². The quantitative estimate of drug-likeness (QED) is 0.615. The molecule has 7 nitrogen and oxygen atoms in total. The number of anilines is 1. The molecule has 1 atom stereocenters. The number of halogens is 1. The molecule has 3 N–H and O–H groups in total. The van der Waals surface area contributed by atoms with Crippen molar-refractivity contribution in [1.82, 2.24) is 14.8 Å². The van der Waals surface area contributed by atoms with Gasteiger partial charge in [-0.2, -0.15) is 5.10 Å². The van der Waals surface area contributed by atoms with E-state index in [4.69, 9.17) is 22.1 Å². The number of hydrogen-bond acceptors (Lipinski definition) is 5. The number of rotatable bonds is 7. The highest BCUT2D eigenvalue weighted by Gasteiger charge is 2.18. The summed E-state index contributed by atoms with van der Waals surface area (Å²) in [6.07, 6.45) is 4.70. The Kier molecular flexibility index (Phi) is 6.51. The van der Waals surface area contributed by atoms with Crippen molar-refractivity contribution in [3.05, 3.63) is 59.5 Å². The molecule has 0 saturated carbocycles. The molecule has 8 heteroatoms. The minimum absolute atomic E-state index is 0.102. The lowest BCUT2D eigenvalue weighted by Gasteiger charge is -2.19. The number of nitrogens with zero attached hydrogens (tertiary/aromatic N) is 3. The number of nitrogens with one attached hydrogen (secondary N) is 1. The van der Waals surface area contributed by atoms with E-state index >= 15 is 0 Å². The molecule has 0 aliphatic rings. The largest absolute Gasteiger partial charge is 0.491 e. The van der Waals surface area contributed by atoms with Crippen LogP contribution in [-0.4, -0.2) is 33.3 Å². The second kappa shape index (κ2) is 9.07. The first kappa shape index (κ1) is 20.8. The molecular weight excluding hydrogens is 390 g/mol. The summed E-state index contributed by atoms with van der Waals surface area (Å²) in [5, 5.41) is 7.57. The highest BCUT2D eigenvalue weighted by atomic mass is 35.5. The van der Waals surface area contributed by atoms with Gasteiger partial charge in [0.15, 0.2) is 0 Å². The normalized spacial score (nSPS) is 12.1. The Hall–Kier alpha value is -2.90. The van der Waals surface area contributed by atoms with E-state index in [9.17, 15) is 4.79 Å². The van der Waals surface area contributed by atoms with Gasteiger partial charge in [-0.25, -0.2) is 0 Å². The second-order valence-corrected chi connectivity index (χ2v) is 7.50. The molecule has 0 bridgehead atoms. The van der Waals surface area contributed by atoms with Crippen LogP contribution in [0.15, 0.2) is 48.9 Å². The summed E-state index contributed by atoms with van der Waals surface area (Å²) < 4.78 is 7.66. The van der Waals surface area contributed by atoms with Crippen molar-refractivity contribution in [2.45, 2.75) is 19.9 Å². The first-order valence-corrected chi connectivity index (χ1v) is 9.66. The van der Waals surface area contributed by atoms with E-state index in [2.05, 4.69) is 15.4 Å². The molecule has 2 aromatic heterocycles. The molecule has 0 radical (unpaired) electrons. The van der Waals surface area contributed by atoms with Gasteiger partial charge < -0.3 is 15.8 Å². The average Bonchev–Trinajstić information content (AvgIpc) is 3.05. The third kappa shape index (κ3) is 4.93. The van der Waals surface area contributed by atoms with Crippen molar-refractivity contribution in [3.8, 4) is 17.0 Å². The lowest BCUT2D eigenvalue weighted by Crippen LogP contribution is -2.33. The van der Waals surface area contributed by atoms with Crippen LogP contribution in [0.2, 0.25) is 5.02 Å². The Balaban J connectivity index is 1.92. The number of nitrogens with two attached hydrogens (primary N) is 1. The Morgan fingerprint density at radius 2 is 2.10 bits per heavy atom. The number of aromatic nitrogens is 3. The fraction of sp³-hybridized carbons (Fsp3) is 0.286. The Labute approximate surface area is 174 Å². The van der Waals surface area contributed by atoms with Crippen LogP contribution in [0.4, 0.5) is 5.69 Å². The van der Waals surface area contributed by atoms with Gasteiger partial charge >= 0.3 is 0 Å². The molecule has 0 fully saturated rings. The number of carbonyl (C=O) groups excluding carboxylic acids is 1. The highest BCUT2D eigenvalue weighted by molar-refractivity contribution is 6.33. The molecule has 1 amide bonds. The molecule has 29 heavy (non-hydrogen) atoms. The van der Waals surface area contributed by atoms with Crippen molar-refractivity contribution in [3.63, 3.8) is 0 Å². The standard InChI is InChI=1S/C21H24ClN5O2/c1-13(2)18(23)12-29-19-7-6-15(26-21(28)14-5-4-8-24-10-14)9-16(19)20-17(22)11-25-27(20)3/h4-11,13,18H,12,23H2,1-3H3,(H,26,28)/t18-/m0/s1. The SMILES string of the molecule is CC(C)[C@@H](N)COc1ccc(NC(=O)c2cccnc2)cc1-c1c(Cl)cnn1C. The van der Waals surface area contributed by atoms with Crippen LogP contribution in [0.1, 0.15) is 24.2 Å². The van der Waals surface area contributed by atoms with Gasteiger partial charge in [0.1, 0.15) is 12.4 Å². The third-order valence-electron chi connectivity index (χ3n) is 4.60. The maximum Gasteiger partial charge on any atom is 0.257 e. The van der Waals surface area contributed by atoms with Crippen LogP contribution >= 0.6 is 11.6 Å². The molecule has 3 rings (SSSR count). The number of carbonyl (C=O) groups is 1. The predicted octanol–water partition coefficient (Wildman–Crippen LogP) is 3.75. The fourth-order valence-electron chi connectivity index (χ4n) is 2.71. The van der Waals surface area contributed by atoms with Crippen molar-refractivity contribution in [2.24, 2.45) is 18.7 Å². The fourth-order valence-corrected chi connectivity index (χ4v) is 2.98. The zero-order chi connectivity index (χ0) is 21.0. The number of hydrogen-bond donors (Lipinski definition) is 2. The van der Waals surface area contributed by atoms with Crippen molar-refractivity contribution >= 4 is 23.2 Å². The summed E-state index contributed by atoms with van der Waals surface area (Å²) in [6, 6.07) is 8.70. The second-order valence-electron chi connectivity index (χ2n) is 7.09. The monoisotopic (exact) mass is 413 g/mol. The lowest BCUT2D eigenvalue weighted by molar-refractivity contribution is 0.102. The molecule has 3 aromatic rings. The van der Waals surface area contributed by atoms with Gasteiger partial charge in [-0.15, -0.1) is 0 Å². The number of benzene rings is 1. The minimum Gasteiger partial charge on any atom is -0.491 e. The van der Waals surface area contributed by atoms with Crippen LogP contribution in [0.3, 0.4) is 0 Å². The molecule has 1 aromatic carbocycles. The molecule has 0 aliphatic heterocycles. The number of aryl methyl sites for hydroxylation is 1. The summed E-state index contributed by atoms with van der Waals surface area (Å²) in [7, 11) is 1.80. The number of pyridine rings is 1. The van der Waals surface area contributed by atoms with Crippen molar-refractivity contribution < 1.29 is 9.53 Å². The van der Waals surface area contributed by atoms with Gasteiger partial charge in [0, 0.05) is 36.7 Å². The van der Waals surface area contributed by atoms with Crippen molar-refractivity contribution in [2.75, 3.05) is 11.9 Å². The van der Waals surface area contributed by atoms with E-state index in [1.54, 1.807) is 48.4 Å². The average molecular weight is 414 g/mol. The first-order valence-electron chi connectivity index (χ1n) is 9.28. The Morgan fingerprint density at radius 3 is 2.72 bits per heavy atom. The van der Waals surface area contributed by atoms with Crippen LogP contribution in [0.5, 0.6) is 5.75 Å². The number of ether oxygens (including phenoxy) is 1. The van der Waals surface area contributed by atoms with Gasteiger partial charge in [-0.3, -0.25) is 14.5 Å². The molecule has 0 spiro atoms. The Morgan fingerprint density at radius 1 is 1.31 bits per heavy atom. The van der Waals surface area contributed by atoms with Crippen LogP contribution in [0, 0.1) is 5.92 Å². The molecule has 0 unspecified atom stereocenters. The van der Waals surface area contributed by atoms with Gasteiger partial charge in [0.05, 0.1) is 22.5 Å². The van der Waals surface area contributed by atoms with E-state index in [-0.39, 0.29) is 17.9 Å². The van der Waals surface area contributed by atoms with E-state index < -0.39 is 0 Å². The highest BCUT2D eigenvalue weighted by Crippen LogP contribution is 2.36. The maximum absolute atomic E-state index is 12.5. The first-order chi connectivity index (χ1) is 13.9. The summed E-state index contributed by atoms with van der Waals surface area (Å²) >= 11 is 6.36.